The zero-order valence-electron chi connectivity index (χ0n) is 11.5. The van der Waals surface area contributed by atoms with E-state index < -0.39 is 17.2 Å². The number of aromatic amines is 1. The van der Waals surface area contributed by atoms with Crippen LogP contribution >= 0.6 is 0 Å². The lowest BCUT2D eigenvalue weighted by Gasteiger charge is -2.35. The highest BCUT2D eigenvalue weighted by Crippen LogP contribution is 2.26. The molecule has 0 radical (unpaired) electrons. The number of amides is 1. The highest BCUT2D eigenvalue weighted by Gasteiger charge is 2.36. The second kappa shape index (κ2) is 4.84. The molecule has 0 aliphatic carbocycles. The summed E-state index contributed by atoms with van der Waals surface area (Å²) in [7, 11) is 1.55. The summed E-state index contributed by atoms with van der Waals surface area (Å²) in [4.78, 5) is 27.5. The monoisotopic (exact) mass is 252 g/mol. The number of H-pyrrole nitrogens is 1. The van der Waals surface area contributed by atoms with Gasteiger partial charge in [-0.25, -0.2) is 4.79 Å². The van der Waals surface area contributed by atoms with Gasteiger partial charge >= 0.3 is 6.09 Å². The number of hydrogen-bond donors (Lipinski definition) is 1. The number of carbonyl (C=O) groups is 2. The lowest BCUT2D eigenvalue weighted by atomic mass is 9.95. The third-order valence-corrected chi connectivity index (χ3v) is 2.78. The van der Waals surface area contributed by atoms with E-state index >= 15 is 0 Å². The summed E-state index contributed by atoms with van der Waals surface area (Å²) in [5.74, 6) is 0. The van der Waals surface area contributed by atoms with E-state index in [1.807, 2.05) is 0 Å². The van der Waals surface area contributed by atoms with E-state index in [9.17, 15) is 9.59 Å². The van der Waals surface area contributed by atoms with Crippen molar-refractivity contribution >= 4 is 12.4 Å². The maximum atomic E-state index is 12.0. The number of aldehydes is 1. The Morgan fingerprint density at radius 3 is 2.39 bits per heavy atom. The van der Waals surface area contributed by atoms with Gasteiger partial charge in [0.25, 0.3) is 0 Å². The van der Waals surface area contributed by atoms with E-state index in [0.717, 1.165) is 6.29 Å². The Kier molecular flexibility index (Phi) is 3.84. The maximum absolute atomic E-state index is 12.0. The summed E-state index contributed by atoms with van der Waals surface area (Å²) in [6.07, 6.45) is 3.60. The molecule has 100 valence electrons. The lowest BCUT2D eigenvalue weighted by molar-refractivity contribution is -0.117. The van der Waals surface area contributed by atoms with E-state index in [1.165, 1.54) is 4.90 Å². The molecule has 5 heteroatoms. The van der Waals surface area contributed by atoms with Crippen LogP contribution in [-0.2, 0) is 15.1 Å². The van der Waals surface area contributed by atoms with Gasteiger partial charge in [-0.15, -0.1) is 0 Å². The van der Waals surface area contributed by atoms with Crippen molar-refractivity contribution in [2.24, 2.45) is 0 Å². The Hall–Kier alpha value is -1.78. The number of likely N-dealkylation sites (N-methyl/N-ethyl adjacent to an activating group) is 1. The fourth-order valence-corrected chi connectivity index (χ4v) is 1.50. The first-order chi connectivity index (χ1) is 8.20. The van der Waals surface area contributed by atoms with E-state index in [2.05, 4.69) is 4.98 Å². The van der Waals surface area contributed by atoms with Gasteiger partial charge in [0.1, 0.15) is 17.4 Å². The van der Waals surface area contributed by atoms with Crippen LogP contribution in [0.4, 0.5) is 4.79 Å². The normalized spacial score (nSPS) is 14.7. The fourth-order valence-electron chi connectivity index (χ4n) is 1.50. The molecule has 0 fully saturated rings. The van der Waals surface area contributed by atoms with Crippen molar-refractivity contribution in [3.8, 4) is 0 Å². The first kappa shape index (κ1) is 14.3. The number of ether oxygens (including phenoxy) is 1. The summed E-state index contributed by atoms with van der Waals surface area (Å²) < 4.78 is 5.26. The fraction of sp³-hybridized carbons (Fsp3) is 0.538. The van der Waals surface area contributed by atoms with Gasteiger partial charge < -0.3 is 14.5 Å². The van der Waals surface area contributed by atoms with Gasteiger partial charge in [-0.2, -0.15) is 0 Å². The summed E-state index contributed by atoms with van der Waals surface area (Å²) in [5, 5.41) is 0. The molecule has 0 bridgehead atoms. The van der Waals surface area contributed by atoms with Crippen molar-refractivity contribution in [2.75, 3.05) is 7.05 Å². The van der Waals surface area contributed by atoms with Crippen molar-refractivity contribution in [1.82, 2.24) is 9.88 Å². The summed E-state index contributed by atoms with van der Waals surface area (Å²) in [5.41, 5.74) is -0.916. The number of hydrogen-bond acceptors (Lipinski definition) is 3. The molecule has 0 saturated heterocycles. The number of nitrogens with one attached hydrogen (secondary N) is 1. The van der Waals surface area contributed by atoms with Gasteiger partial charge in [0.2, 0.25) is 0 Å². The molecule has 5 nitrogen and oxygen atoms in total. The van der Waals surface area contributed by atoms with Gasteiger partial charge in [0, 0.05) is 25.0 Å². The molecular weight excluding hydrogens is 232 g/mol. The average molecular weight is 252 g/mol. The van der Waals surface area contributed by atoms with E-state index in [4.69, 9.17) is 4.74 Å². The van der Waals surface area contributed by atoms with Gasteiger partial charge in [0.05, 0.1) is 0 Å². The van der Waals surface area contributed by atoms with Crippen LogP contribution in [0.5, 0.6) is 0 Å². The van der Waals surface area contributed by atoms with Crippen LogP contribution in [0, 0.1) is 0 Å². The molecule has 0 spiro atoms. The molecule has 1 unspecified atom stereocenters. The molecule has 0 saturated carbocycles. The van der Waals surface area contributed by atoms with Gasteiger partial charge in [0.15, 0.2) is 0 Å². The minimum absolute atomic E-state index is 0.529. The molecule has 0 aliphatic heterocycles. The third kappa shape index (κ3) is 2.91. The molecule has 0 aromatic carbocycles. The molecule has 1 N–H and O–H groups in total. The van der Waals surface area contributed by atoms with Crippen LogP contribution in [0.25, 0.3) is 0 Å². The Labute approximate surface area is 107 Å². The smallest absolute Gasteiger partial charge is 0.411 e. The van der Waals surface area contributed by atoms with E-state index in [1.54, 1.807) is 53.2 Å². The highest BCUT2D eigenvalue weighted by molar-refractivity contribution is 5.77. The summed E-state index contributed by atoms with van der Waals surface area (Å²) in [6, 6.07) is 1.76. The first-order valence-electron chi connectivity index (χ1n) is 5.77. The van der Waals surface area contributed by atoms with Crippen LogP contribution < -0.4 is 0 Å². The Morgan fingerprint density at radius 2 is 2.00 bits per heavy atom. The van der Waals surface area contributed by atoms with Gasteiger partial charge in [-0.3, -0.25) is 4.90 Å². The molecule has 1 atom stereocenters. The van der Waals surface area contributed by atoms with Gasteiger partial charge in [-0.05, 0) is 33.8 Å². The van der Waals surface area contributed by atoms with Crippen LogP contribution in [-0.4, -0.2) is 34.9 Å². The van der Waals surface area contributed by atoms with Crippen LogP contribution in [0.2, 0.25) is 0 Å². The number of nitrogens with zero attached hydrogens (tertiary/aromatic N) is 1. The predicted octanol–water partition coefficient (Wildman–Crippen LogP) is 2.30. The maximum Gasteiger partial charge on any atom is 0.411 e. The predicted molar refractivity (Wildman–Crippen MR) is 68.2 cm³/mol. The molecule has 1 aromatic heterocycles. The molecule has 1 heterocycles. The van der Waals surface area contributed by atoms with Crippen molar-refractivity contribution in [3.63, 3.8) is 0 Å². The molecule has 1 amide bonds. The van der Waals surface area contributed by atoms with Crippen LogP contribution in [0.1, 0.15) is 33.3 Å². The van der Waals surface area contributed by atoms with Crippen molar-refractivity contribution in [2.45, 2.75) is 38.8 Å². The van der Waals surface area contributed by atoms with E-state index in [0.29, 0.717) is 5.56 Å². The van der Waals surface area contributed by atoms with Crippen LogP contribution in [0.15, 0.2) is 18.5 Å². The van der Waals surface area contributed by atoms with Crippen molar-refractivity contribution in [3.05, 3.63) is 24.0 Å². The molecule has 18 heavy (non-hydrogen) atoms. The van der Waals surface area contributed by atoms with Crippen LogP contribution in [0.3, 0.4) is 0 Å². The minimum atomic E-state index is -1.04. The van der Waals surface area contributed by atoms with Gasteiger partial charge in [-0.1, -0.05) is 0 Å². The molecular formula is C13H20N2O3. The zero-order valence-corrected chi connectivity index (χ0v) is 11.5. The summed E-state index contributed by atoms with van der Waals surface area (Å²) in [6.45, 7) is 7.03. The highest BCUT2D eigenvalue weighted by atomic mass is 16.6. The van der Waals surface area contributed by atoms with Crippen molar-refractivity contribution in [1.29, 1.82) is 0 Å². The van der Waals surface area contributed by atoms with Crippen molar-refractivity contribution < 1.29 is 14.3 Å². The molecule has 1 rings (SSSR count). The second-order valence-electron chi connectivity index (χ2n) is 5.40. The van der Waals surface area contributed by atoms with E-state index in [-0.39, 0.29) is 0 Å². The number of carbonyl (C=O) groups excluding carboxylic acids is 2. The Bertz CT molecular complexity index is 420. The quantitative estimate of drug-likeness (QED) is 0.839. The zero-order chi connectivity index (χ0) is 14.0. The number of rotatable bonds is 3. The largest absolute Gasteiger partial charge is 0.444 e. The minimum Gasteiger partial charge on any atom is -0.444 e. The second-order valence-corrected chi connectivity index (χ2v) is 5.40. The third-order valence-electron chi connectivity index (χ3n) is 2.78. The standard InChI is InChI=1S/C13H20N2O3/c1-12(2,3)18-11(17)15(5)13(4,9-16)10-6-7-14-8-10/h6-9,14H,1-5H3. The SMILES string of the molecule is CN(C(=O)OC(C)(C)C)C(C)(C=O)c1cc[nH]c1. The number of aromatic nitrogens is 1. The lowest BCUT2D eigenvalue weighted by Crippen LogP contribution is -2.48. The Balaban J connectivity index is 2.96. The molecule has 1 aromatic rings. The Morgan fingerprint density at radius 1 is 1.39 bits per heavy atom. The summed E-state index contributed by atoms with van der Waals surface area (Å²) >= 11 is 0. The first-order valence-corrected chi connectivity index (χ1v) is 5.77. The topological polar surface area (TPSA) is 62.4 Å². The average Bonchev–Trinajstić information content (AvgIpc) is 2.78. The molecule has 0 aliphatic rings.